The number of nitrogens with two attached hydrogens (primary N) is 1. The van der Waals surface area contributed by atoms with Crippen LogP contribution in [0.3, 0.4) is 0 Å². The maximum atomic E-state index is 12.3. The molecule has 29 heavy (non-hydrogen) atoms. The van der Waals surface area contributed by atoms with E-state index in [1.165, 1.54) is 6.92 Å². The van der Waals surface area contributed by atoms with E-state index in [0.29, 0.717) is 37.0 Å². The zero-order valence-electron chi connectivity index (χ0n) is 17.2. The Bertz CT molecular complexity index is 673. The summed E-state index contributed by atoms with van der Waals surface area (Å²) < 4.78 is 5.42. The fourth-order valence-electron chi connectivity index (χ4n) is 4.63. The highest BCUT2D eigenvalue weighted by atomic mass is 35.5. The molecule has 2 aliphatic carbocycles. The van der Waals surface area contributed by atoms with Crippen molar-refractivity contribution in [1.29, 1.82) is 0 Å². The van der Waals surface area contributed by atoms with Crippen LogP contribution in [0.1, 0.15) is 82.8 Å². The van der Waals surface area contributed by atoms with Gasteiger partial charge in [-0.25, -0.2) is 0 Å². The van der Waals surface area contributed by atoms with Crippen LogP contribution in [-0.4, -0.2) is 34.5 Å². The number of aryl methyl sites for hydroxylation is 1. The first-order valence-corrected chi connectivity index (χ1v) is 10.6. The van der Waals surface area contributed by atoms with E-state index in [2.05, 4.69) is 20.8 Å². The molecule has 1 aromatic rings. The summed E-state index contributed by atoms with van der Waals surface area (Å²) in [4.78, 5) is 28.6. The van der Waals surface area contributed by atoms with E-state index in [-0.39, 0.29) is 30.3 Å². The first-order chi connectivity index (χ1) is 13.5. The zero-order chi connectivity index (χ0) is 20.0. The number of aromatic nitrogens is 2. The fourth-order valence-corrected chi connectivity index (χ4v) is 4.63. The van der Waals surface area contributed by atoms with Crippen LogP contribution in [0.25, 0.3) is 0 Å². The van der Waals surface area contributed by atoms with Gasteiger partial charge in [0.2, 0.25) is 17.7 Å². The van der Waals surface area contributed by atoms with Gasteiger partial charge in [-0.3, -0.25) is 9.59 Å². The number of hydrogen-bond acceptors (Lipinski definition) is 6. The van der Waals surface area contributed by atoms with Gasteiger partial charge in [-0.15, -0.1) is 12.4 Å². The van der Waals surface area contributed by atoms with E-state index in [4.69, 9.17) is 10.3 Å². The van der Waals surface area contributed by atoms with Crippen LogP contribution in [0, 0.1) is 5.92 Å². The molecular weight excluding hydrogens is 394 g/mol. The number of carbonyl (C=O) groups excluding carboxylic acids is 2. The Hall–Kier alpha value is -1.67. The number of rotatable bonds is 7. The van der Waals surface area contributed by atoms with Crippen molar-refractivity contribution in [3.63, 3.8) is 0 Å². The average Bonchev–Trinajstić information content (AvgIpc) is 3.26. The van der Waals surface area contributed by atoms with Gasteiger partial charge in [0, 0.05) is 25.8 Å². The molecule has 0 saturated heterocycles. The molecule has 1 aromatic heterocycles. The Morgan fingerprint density at radius 3 is 2.55 bits per heavy atom. The van der Waals surface area contributed by atoms with Crippen LogP contribution in [0.2, 0.25) is 0 Å². The summed E-state index contributed by atoms with van der Waals surface area (Å²) >= 11 is 0. The highest BCUT2D eigenvalue weighted by Crippen LogP contribution is 2.34. The standard InChI is InChI=1S/C20H33N5O3.ClH/c1-14(26)24-20(11-4-2-3-5-12-20)19-23-18(28-25-19)10-9-17(27)22-16-8-6-7-15(16)13-21;/h15-16H,2-13,21H2,1H3,(H,22,27)(H,24,26);1H. The minimum absolute atomic E-state index is 0. The second-order valence-corrected chi connectivity index (χ2v) is 8.29. The van der Waals surface area contributed by atoms with Gasteiger partial charge in [0.05, 0.1) is 0 Å². The number of amides is 2. The largest absolute Gasteiger partial charge is 0.353 e. The molecule has 2 aliphatic rings. The lowest BCUT2D eigenvalue weighted by Gasteiger charge is -2.30. The smallest absolute Gasteiger partial charge is 0.227 e. The number of hydrogen-bond donors (Lipinski definition) is 3. The molecule has 0 aliphatic heterocycles. The topological polar surface area (TPSA) is 123 Å². The van der Waals surface area contributed by atoms with Crippen LogP contribution in [-0.2, 0) is 21.5 Å². The van der Waals surface area contributed by atoms with Gasteiger partial charge in [-0.1, -0.05) is 37.3 Å². The van der Waals surface area contributed by atoms with E-state index in [1.54, 1.807) is 0 Å². The second kappa shape index (κ2) is 10.9. The van der Waals surface area contributed by atoms with Gasteiger partial charge in [-0.05, 0) is 38.1 Å². The molecule has 2 fully saturated rings. The van der Waals surface area contributed by atoms with Gasteiger partial charge < -0.3 is 20.9 Å². The van der Waals surface area contributed by atoms with Crippen molar-refractivity contribution in [3.05, 3.63) is 11.7 Å². The molecule has 164 valence electrons. The molecule has 2 unspecified atom stereocenters. The van der Waals surface area contributed by atoms with Crippen LogP contribution >= 0.6 is 12.4 Å². The lowest BCUT2D eigenvalue weighted by molar-refractivity contribution is -0.122. The summed E-state index contributed by atoms with van der Waals surface area (Å²) in [6.07, 6.45) is 9.88. The average molecular weight is 428 g/mol. The lowest BCUT2D eigenvalue weighted by atomic mass is 9.89. The summed E-state index contributed by atoms with van der Waals surface area (Å²) in [5.41, 5.74) is 5.23. The molecule has 0 bridgehead atoms. The molecule has 9 heteroatoms. The minimum Gasteiger partial charge on any atom is -0.353 e. The number of nitrogens with zero attached hydrogens (tertiary/aromatic N) is 2. The van der Waals surface area contributed by atoms with E-state index < -0.39 is 5.54 Å². The van der Waals surface area contributed by atoms with Gasteiger partial charge >= 0.3 is 0 Å². The number of nitrogens with one attached hydrogen (secondary N) is 2. The zero-order valence-corrected chi connectivity index (χ0v) is 18.1. The van der Waals surface area contributed by atoms with E-state index >= 15 is 0 Å². The molecule has 2 atom stereocenters. The second-order valence-electron chi connectivity index (χ2n) is 8.29. The molecule has 8 nitrogen and oxygen atoms in total. The molecule has 0 aromatic carbocycles. The van der Waals surface area contributed by atoms with E-state index in [1.807, 2.05) is 0 Å². The van der Waals surface area contributed by atoms with Crippen LogP contribution < -0.4 is 16.4 Å². The molecule has 0 radical (unpaired) electrons. The third-order valence-corrected chi connectivity index (χ3v) is 6.14. The number of halogens is 1. The first-order valence-electron chi connectivity index (χ1n) is 10.6. The fraction of sp³-hybridized carbons (Fsp3) is 0.800. The van der Waals surface area contributed by atoms with Gasteiger partial charge in [0.15, 0.2) is 5.82 Å². The van der Waals surface area contributed by atoms with Crippen LogP contribution in [0.5, 0.6) is 0 Å². The number of carbonyl (C=O) groups is 2. The Morgan fingerprint density at radius 2 is 1.90 bits per heavy atom. The first kappa shape index (κ1) is 23.6. The SMILES string of the molecule is CC(=O)NC1(c2noc(CCC(=O)NC3CCCC3CN)n2)CCCCCC1.Cl. The molecule has 1 heterocycles. The van der Waals surface area contributed by atoms with E-state index in [0.717, 1.165) is 57.8 Å². The van der Waals surface area contributed by atoms with Crippen molar-refractivity contribution in [2.75, 3.05) is 6.54 Å². The third kappa shape index (κ3) is 6.15. The van der Waals surface area contributed by atoms with Crippen molar-refractivity contribution in [2.24, 2.45) is 11.7 Å². The summed E-state index contributed by atoms with van der Waals surface area (Å²) in [5.74, 6) is 1.28. The third-order valence-electron chi connectivity index (χ3n) is 6.14. The van der Waals surface area contributed by atoms with Crippen molar-refractivity contribution < 1.29 is 14.1 Å². The molecular formula is C20H34ClN5O3. The minimum atomic E-state index is -0.551. The normalized spacial score (nSPS) is 23.7. The molecule has 4 N–H and O–H groups in total. The van der Waals surface area contributed by atoms with Crippen LogP contribution in [0.4, 0.5) is 0 Å². The van der Waals surface area contributed by atoms with Gasteiger partial charge in [-0.2, -0.15) is 4.98 Å². The Balaban J connectivity index is 0.00000300. The summed E-state index contributed by atoms with van der Waals surface area (Å²) in [6, 6.07) is 0.185. The summed E-state index contributed by atoms with van der Waals surface area (Å²) in [5, 5.41) is 10.3. The Kier molecular flexibility index (Phi) is 8.89. The predicted octanol–water partition coefficient (Wildman–Crippen LogP) is 2.35. The highest BCUT2D eigenvalue weighted by Gasteiger charge is 2.38. The van der Waals surface area contributed by atoms with Crippen molar-refractivity contribution in [1.82, 2.24) is 20.8 Å². The van der Waals surface area contributed by atoms with Gasteiger partial charge in [0.25, 0.3) is 0 Å². The maximum Gasteiger partial charge on any atom is 0.227 e. The quantitative estimate of drug-likeness (QED) is 0.574. The highest BCUT2D eigenvalue weighted by molar-refractivity contribution is 5.85. The van der Waals surface area contributed by atoms with E-state index in [9.17, 15) is 9.59 Å². The summed E-state index contributed by atoms with van der Waals surface area (Å²) in [6.45, 7) is 2.14. The molecule has 2 saturated carbocycles. The van der Waals surface area contributed by atoms with Crippen molar-refractivity contribution in [3.8, 4) is 0 Å². The molecule has 0 spiro atoms. The molecule has 3 rings (SSSR count). The monoisotopic (exact) mass is 427 g/mol. The lowest BCUT2D eigenvalue weighted by Crippen LogP contribution is -2.45. The van der Waals surface area contributed by atoms with Crippen LogP contribution in [0.15, 0.2) is 4.52 Å². The van der Waals surface area contributed by atoms with Crippen molar-refractivity contribution >= 4 is 24.2 Å². The Morgan fingerprint density at radius 1 is 1.17 bits per heavy atom. The Labute approximate surface area is 178 Å². The maximum absolute atomic E-state index is 12.3. The molecule has 2 amide bonds. The summed E-state index contributed by atoms with van der Waals surface area (Å²) in [7, 11) is 0. The van der Waals surface area contributed by atoms with Gasteiger partial charge in [0.1, 0.15) is 5.54 Å². The predicted molar refractivity (Wildman–Crippen MR) is 111 cm³/mol. The van der Waals surface area contributed by atoms with Crippen molar-refractivity contribution in [2.45, 2.75) is 89.1 Å².